The van der Waals surface area contributed by atoms with Crippen LogP contribution in [0.4, 0.5) is 4.79 Å². The van der Waals surface area contributed by atoms with E-state index in [9.17, 15) is 19.2 Å². The maximum absolute atomic E-state index is 12.9. The molecule has 3 amide bonds. The Kier molecular flexibility index (Phi) is 5.78. The Bertz CT molecular complexity index is 865. The van der Waals surface area contributed by atoms with Gasteiger partial charge in [0.15, 0.2) is 6.10 Å². The summed E-state index contributed by atoms with van der Waals surface area (Å²) in [5, 5.41) is 2.80. The monoisotopic (exact) mass is 400 g/mol. The average Bonchev–Trinajstić information content (AvgIpc) is 2.90. The molecule has 1 aromatic rings. The van der Waals surface area contributed by atoms with Crippen LogP contribution >= 0.6 is 0 Å². The number of ether oxygens (including phenoxy) is 1. The lowest BCUT2D eigenvalue weighted by molar-refractivity contribution is -0.150. The number of carbonyl (C=O) groups excluding carboxylic acids is 4. The second-order valence-corrected chi connectivity index (χ2v) is 8.24. The molecule has 1 spiro atoms. The Morgan fingerprint density at radius 3 is 2.62 bits per heavy atom. The van der Waals surface area contributed by atoms with Crippen LogP contribution in [0.1, 0.15) is 61.0 Å². The summed E-state index contributed by atoms with van der Waals surface area (Å²) in [6, 6.07) is 4.72. The molecule has 1 heterocycles. The van der Waals surface area contributed by atoms with Crippen LogP contribution in [0.15, 0.2) is 18.2 Å². The van der Waals surface area contributed by atoms with Gasteiger partial charge in [0.05, 0.1) is 0 Å². The number of esters is 1. The predicted molar refractivity (Wildman–Crippen MR) is 106 cm³/mol. The van der Waals surface area contributed by atoms with Gasteiger partial charge in [-0.1, -0.05) is 31.9 Å². The third-order valence-corrected chi connectivity index (χ3v) is 6.26. The molecule has 1 saturated carbocycles. The van der Waals surface area contributed by atoms with Crippen molar-refractivity contribution in [3.05, 3.63) is 34.9 Å². The molecule has 7 heteroatoms. The van der Waals surface area contributed by atoms with Gasteiger partial charge in [-0.2, -0.15) is 0 Å². The molecule has 1 aromatic carbocycles. The molecule has 3 rings (SSSR count). The zero-order valence-corrected chi connectivity index (χ0v) is 17.4. The van der Waals surface area contributed by atoms with Crippen LogP contribution < -0.4 is 5.32 Å². The minimum absolute atomic E-state index is 0.0130. The molecule has 1 saturated heterocycles. The second kappa shape index (κ2) is 7.97. The smallest absolute Gasteiger partial charge is 0.326 e. The van der Waals surface area contributed by atoms with Crippen LogP contribution in [0.25, 0.3) is 0 Å². The van der Waals surface area contributed by atoms with Gasteiger partial charge in [0, 0.05) is 5.56 Å². The normalized spacial score (nSPS) is 25.1. The maximum atomic E-state index is 12.9. The van der Waals surface area contributed by atoms with E-state index in [4.69, 9.17) is 4.74 Å². The molecule has 1 aliphatic heterocycles. The lowest BCUT2D eigenvalue weighted by Gasteiger charge is -2.36. The molecule has 0 bridgehead atoms. The van der Waals surface area contributed by atoms with Crippen molar-refractivity contribution in [2.24, 2.45) is 5.92 Å². The third kappa shape index (κ3) is 3.91. The predicted octanol–water partition coefficient (Wildman–Crippen LogP) is 2.92. The van der Waals surface area contributed by atoms with Crippen LogP contribution in [0.3, 0.4) is 0 Å². The second-order valence-electron chi connectivity index (χ2n) is 8.24. The zero-order valence-electron chi connectivity index (χ0n) is 17.4. The molecule has 156 valence electrons. The number of carbonyl (C=O) groups is 4. The summed E-state index contributed by atoms with van der Waals surface area (Å²) in [5.41, 5.74) is 1.57. The fourth-order valence-corrected chi connectivity index (χ4v) is 4.19. The van der Waals surface area contributed by atoms with Crippen molar-refractivity contribution >= 4 is 23.7 Å². The summed E-state index contributed by atoms with van der Waals surface area (Å²) >= 11 is 0. The van der Waals surface area contributed by atoms with E-state index in [-0.39, 0.29) is 17.6 Å². The van der Waals surface area contributed by atoms with Crippen LogP contribution in [-0.2, 0) is 14.3 Å². The van der Waals surface area contributed by atoms with Crippen molar-refractivity contribution in [2.45, 2.75) is 65.0 Å². The lowest BCUT2D eigenvalue weighted by Crippen LogP contribution is -2.54. The Morgan fingerprint density at radius 2 is 1.97 bits per heavy atom. The van der Waals surface area contributed by atoms with Crippen LogP contribution in [0.2, 0.25) is 0 Å². The number of hydrogen-bond acceptors (Lipinski definition) is 5. The summed E-state index contributed by atoms with van der Waals surface area (Å²) in [6.07, 6.45) is 2.30. The quantitative estimate of drug-likeness (QED) is 0.466. The molecule has 29 heavy (non-hydrogen) atoms. The number of nitrogens with one attached hydrogen (secondary N) is 1. The maximum Gasteiger partial charge on any atom is 0.326 e. The first-order chi connectivity index (χ1) is 13.7. The van der Waals surface area contributed by atoms with Gasteiger partial charge in [0.2, 0.25) is 5.78 Å². The standard InChI is InChI=1S/C22H28N2O5/c1-13-8-9-17(11-14(13)2)19(26)16(4)29-18(25)12-24-20(27)22(23-21(24)28)10-6-5-7-15(22)3/h8-9,11,15-16H,5-7,10,12H2,1-4H3,(H,23,28)/t15-,16+,22+/m0/s1. The molecule has 2 fully saturated rings. The van der Waals surface area contributed by atoms with Gasteiger partial charge >= 0.3 is 12.0 Å². The highest BCUT2D eigenvalue weighted by atomic mass is 16.5. The number of ketones is 1. The molecule has 0 unspecified atom stereocenters. The Hall–Kier alpha value is -2.70. The van der Waals surface area contributed by atoms with E-state index in [0.29, 0.717) is 12.0 Å². The van der Waals surface area contributed by atoms with E-state index in [2.05, 4.69) is 5.32 Å². The number of aryl methyl sites for hydroxylation is 2. The summed E-state index contributed by atoms with van der Waals surface area (Å²) in [5.74, 6) is -1.46. The fourth-order valence-electron chi connectivity index (χ4n) is 4.19. The Balaban J connectivity index is 1.64. The van der Waals surface area contributed by atoms with Gasteiger partial charge in [-0.3, -0.25) is 19.3 Å². The van der Waals surface area contributed by atoms with E-state index in [1.165, 1.54) is 6.92 Å². The van der Waals surface area contributed by atoms with Crippen molar-refractivity contribution in [1.29, 1.82) is 0 Å². The molecule has 1 aliphatic carbocycles. The first-order valence-corrected chi connectivity index (χ1v) is 10.1. The van der Waals surface area contributed by atoms with Crippen LogP contribution in [0, 0.1) is 19.8 Å². The van der Waals surface area contributed by atoms with E-state index in [1.807, 2.05) is 26.8 Å². The molecule has 1 N–H and O–H groups in total. The zero-order chi connectivity index (χ0) is 21.3. The molecule has 7 nitrogen and oxygen atoms in total. The van der Waals surface area contributed by atoms with Gasteiger partial charge in [-0.05, 0) is 56.7 Å². The van der Waals surface area contributed by atoms with Crippen LogP contribution in [-0.4, -0.2) is 46.8 Å². The number of rotatable bonds is 5. The molecular weight excluding hydrogens is 372 g/mol. The summed E-state index contributed by atoms with van der Waals surface area (Å²) < 4.78 is 5.24. The molecular formula is C22H28N2O5. The largest absolute Gasteiger partial charge is 0.453 e. The summed E-state index contributed by atoms with van der Waals surface area (Å²) in [6.45, 7) is 6.80. The Labute approximate surface area is 170 Å². The van der Waals surface area contributed by atoms with Crippen LogP contribution in [0.5, 0.6) is 0 Å². The van der Waals surface area contributed by atoms with E-state index < -0.39 is 30.2 Å². The highest BCUT2D eigenvalue weighted by Crippen LogP contribution is 2.38. The number of urea groups is 1. The minimum Gasteiger partial charge on any atom is -0.453 e. The lowest BCUT2D eigenvalue weighted by atomic mass is 9.73. The average molecular weight is 400 g/mol. The van der Waals surface area contributed by atoms with Crippen molar-refractivity contribution in [2.75, 3.05) is 6.54 Å². The first kappa shape index (κ1) is 21.0. The minimum atomic E-state index is -1.01. The highest BCUT2D eigenvalue weighted by molar-refractivity contribution is 6.09. The number of nitrogens with zero attached hydrogens (tertiary/aromatic N) is 1. The molecule has 0 aromatic heterocycles. The summed E-state index contributed by atoms with van der Waals surface area (Å²) in [7, 11) is 0. The topological polar surface area (TPSA) is 92.8 Å². The van der Waals surface area contributed by atoms with Gasteiger partial charge < -0.3 is 10.1 Å². The highest BCUT2D eigenvalue weighted by Gasteiger charge is 2.55. The number of Topliss-reactive ketones (excluding diaryl/α,β-unsaturated/α-hetero) is 1. The molecule has 0 radical (unpaired) electrons. The SMILES string of the molecule is Cc1ccc(C(=O)[C@@H](C)OC(=O)CN2C(=O)N[C@@]3(CCCC[C@@H]3C)C2=O)cc1C. The van der Waals surface area contributed by atoms with E-state index in [1.54, 1.807) is 12.1 Å². The summed E-state index contributed by atoms with van der Waals surface area (Å²) in [4.78, 5) is 51.1. The van der Waals surface area contributed by atoms with E-state index >= 15 is 0 Å². The fraction of sp³-hybridized carbons (Fsp3) is 0.545. The third-order valence-electron chi connectivity index (χ3n) is 6.26. The van der Waals surface area contributed by atoms with Gasteiger partial charge in [0.25, 0.3) is 5.91 Å². The number of benzene rings is 1. The van der Waals surface area contributed by atoms with Crippen molar-refractivity contribution in [3.63, 3.8) is 0 Å². The number of imide groups is 1. The first-order valence-electron chi connectivity index (χ1n) is 10.1. The van der Waals surface area contributed by atoms with Gasteiger partial charge in [-0.15, -0.1) is 0 Å². The molecule has 2 aliphatic rings. The number of amides is 3. The van der Waals surface area contributed by atoms with Gasteiger partial charge in [-0.25, -0.2) is 4.79 Å². The van der Waals surface area contributed by atoms with Crippen molar-refractivity contribution in [1.82, 2.24) is 10.2 Å². The Morgan fingerprint density at radius 1 is 1.24 bits per heavy atom. The molecule has 3 atom stereocenters. The number of hydrogen-bond donors (Lipinski definition) is 1. The van der Waals surface area contributed by atoms with Gasteiger partial charge in [0.1, 0.15) is 12.1 Å². The van der Waals surface area contributed by atoms with Crippen molar-refractivity contribution in [3.8, 4) is 0 Å². The van der Waals surface area contributed by atoms with Crippen molar-refractivity contribution < 1.29 is 23.9 Å². The van der Waals surface area contributed by atoms with E-state index in [0.717, 1.165) is 35.3 Å².